The van der Waals surface area contributed by atoms with E-state index < -0.39 is 0 Å². The number of likely N-dealkylation sites (N-methyl/N-ethyl adjacent to an activating group) is 1. The molecule has 6 nitrogen and oxygen atoms in total. The number of rotatable bonds is 2. The third-order valence-electron chi connectivity index (χ3n) is 4.25. The van der Waals surface area contributed by atoms with Crippen LogP contribution in [0.5, 0.6) is 0 Å². The van der Waals surface area contributed by atoms with Crippen molar-refractivity contribution in [2.75, 3.05) is 40.8 Å². The van der Waals surface area contributed by atoms with Crippen molar-refractivity contribution in [1.29, 1.82) is 0 Å². The Morgan fingerprint density at radius 2 is 1.85 bits per heavy atom. The second-order valence-electron chi connectivity index (χ2n) is 6.11. The fourth-order valence-corrected chi connectivity index (χ4v) is 3.00. The largest absolute Gasteiger partial charge is 0.344 e. The topological polar surface area (TPSA) is 55.9 Å². The first kappa shape index (κ1) is 15.1. The molecule has 0 aromatic carbocycles. The van der Waals surface area contributed by atoms with Crippen molar-refractivity contribution in [3.05, 3.63) is 0 Å². The lowest BCUT2D eigenvalue weighted by atomic mass is 10.00. The highest BCUT2D eigenvalue weighted by Gasteiger charge is 2.28. The lowest BCUT2D eigenvalue weighted by Gasteiger charge is -2.37. The summed E-state index contributed by atoms with van der Waals surface area (Å²) in [5.74, 6) is 0.245. The molecule has 1 unspecified atom stereocenters. The summed E-state index contributed by atoms with van der Waals surface area (Å²) in [6.07, 6.45) is 3.56. The minimum atomic E-state index is 0.103. The highest BCUT2D eigenvalue weighted by Crippen LogP contribution is 2.16. The number of carbonyl (C=O) groups is 2. The van der Waals surface area contributed by atoms with Gasteiger partial charge < -0.3 is 20.0 Å². The van der Waals surface area contributed by atoms with E-state index in [1.165, 1.54) is 0 Å². The van der Waals surface area contributed by atoms with Gasteiger partial charge in [-0.15, -0.1) is 0 Å². The van der Waals surface area contributed by atoms with Gasteiger partial charge in [0.15, 0.2) is 0 Å². The average molecular weight is 282 g/mol. The van der Waals surface area contributed by atoms with Gasteiger partial charge in [-0.05, 0) is 19.3 Å². The average Bonchev–Trinajstić information content (AvgIpc) is 2.43. The molecule has 2 rings (SSSR count). The maximum absolute atomic E-state index is 11.9. The second-order valence-corrected chi connectivity index (χ2v) is 6.11. The normalized spacial score (nSPS) is 24.9. The maximum Gasteiger partial charge on any atom is 0.319 e. The molecule has 0 saturated carbocycles. The van der Waals surface area contributed by atoms with Crippen LogP contribution in [0, 0.1) is 0 Å². The highest BCUT2D eigenvalue weighted by atomic mass is 16.2. The van der Waals surface area contributed by atoms with Crippen molar-refractivity contribution in [2.45, 2.75) is 37.8 Å². The van der Waals surface area contributed by atoms with E-state index in [-0.39, 0.29) is 11.9 Å². The number of amides is 3. The van der Waals surface area contributed by atoms with Crippen molar-refractivity contribution in [1.82, 2.24) is 20.0 Å². The fraction of sp³-hybridized carbons (Fsp3) is 0.857. The Bertz CT molecular complexity index is 364. The van der Waals surface area contributed by atoms with Crippen molar-refractivity contribution in [2.24, 2.45) is 0 Å². The number of carbonyl (C=O) groups excluding carboxylic acids is 2. The Kier molecular flexibility index (Phi) is 4.86. The number of piperidine rings is 2. The zero-order chi connectivity index (χ0) is 14.7. The molecule has 2 fully saturated rings. The number of urea groups is 1. The molecule has 2 saturated heterocycles. The smallest absolute Gasteiger partial charge is 0.319 e. The standard InChI is InChI=1S/C14H26N4O2/c1-16(2)14(20)18-8-6-11(7-9-18)15-12-4-5-13(19)17(3)10-12/h11-12,15H,4-10H2,1-3H3. The van der Waals surface area contributed by atoms with Gasteiger partial charge in [0.1, 0.15) is 0 Å². The van der Waals surface area contributed by atoms with Crippen LogP contribution in [0.1, 0.15) is 25.7 Å². The van der Waals surface area contributed by atoms with E-state index in [1.54, 1.807) is 19.0 Å². The van der Waals surface area contributed by atoms with Crippen molar-refractivity contribution in [3.63, 3.8) is 0 Å². The molecule has 0 aromatic heterocycles. The highest BCUT2D eigenvalue weighted by molar-refractivity contribution is 5.76. The van der Waals surface area contributed by atoms with Gasteiger partial charge in [-0.1, -0.05) is 0 Å². The lowest BCUT2D eigenvalue weighted by Crippen LogP contribution is -2.53. The molecule has 0 aliphatic carbocycles. The molecule has 0 aromatic rings. The van der Waals surface area contributed by atoms with E-state index in [2.05, 4.69) is 5.32 Å². The summed E-state index contributed by atoms with van der Waals surface area (Å²) in [6.45, 7) is 2.43. The summed E-state index contributed by atoms with van der Waals surface area (Å²) in [6, 6.07) is 0.970. The maximum atomic E-state index is 11.9. The van der Waals surface area contributed by atoms with Crippen molar-refractivity contribution >= 4 is 11.9 Å². The van der Waals surface area contributed by atoms with Crippen LogP contribution in [-0.4, -0.2) is 79.5 Å². The molecule has 1 atom stereocenters. The molecular weight excluding hydrogens is 256 g/mol. The molecule has 1 N–H and O–H groups in total. The molecule has 0 bridgehead atoms. The van der Waals surface area contributed by atoms with Gasteiger partial charge in [0.2, 0.25) is 5.91 Å². The number of nitrogens with one attached hydrogen (secondary N) is 1. The molecule has 2 aliphatic rings. The molecule has 114 valence electrons. The van der Waals surface area contributed by atoms with Crippen molar-refractivity contribution < 1.29 is 9.59 Å². The Labute approximate surface area is 121 Å². The summed E-state index contributed by atoms with van der Waals surface area (Å²) in [5, 5.41) is 3.65. The quantitative estimate of drug-likeness (QED) is 0.795. The van der Waals surface area contributed by atoms with Crippen LogP contribution in [0.3, 0.4) is 0 Å². The second kappa shape index (κ2) is 6.43. The van der Waals surface area contributed by atoms with Crippen LogP contribution in [0.4, 0.5) is 4.79 Å². The van der Waals surface area contributed by atoms with Crippen LogP contribution in [0.25, 0.3) is 0 Å². The Hall–Kier alpha value is -1.30. The molecule has 0 spiro atoms. The molecule has 2 aliphatic heterocycles. The van der Waals surface area contributed by atoms with E-state index in [4.69, 9.17) is 0 Å². The summed E-state index contributed by atoms with van der Waals surface area (Å²) >= 11 is 0. The SMILES string of the molecule is CN(C)C(=O)N1CCC(NC2CCC(=O)N(C)C2)CC1. The van der Waals surface area contributed by atoms with Gasteiger partial charge in [0, 0.05) is 59.3 Å². The summed E-state index contributed by atoms with van der Waals surface area (Å²) in [7, 11) is 5.46. The Morgan fingerprint density at radius 1 is 1.20 bits per heavy atom. The van der Waals surface area contributed by atoms with E-state index in [0.29, 0.717) is 18.5 Å². The van der Waals surface area contributed by atoms with Crippen LogP contribution >= 0.6 is 0 Å². The number of nitrogens with zero attached hydrogens (tertiary/aromatic N) is 3. The minimum Gasteiger partial charge on any atom is -0.344 e. The third-order valence-corrected chi connectivity index (χ3v) is 4.25. The minimum absolute atomic E-state index is 0.103. The first-order valence-corrected chi connectivity index (χ1v) is 7.43. The molecule has 6 heteroatoms. The van der Waals surface area contributed by atoms with Crippen LogP contribution in [-0.2, 0) is 4.79 Å². The van der Waals surface area contributed by atoms with E-state index in [1.807, 2.05) is 16.8 Å². The monoisotopic (exact) mass is 282 g/mol. The first-order chi connectivity index (χ1) is 9.47. The number of hydrogen-bond acceptors (Lipinski definition) is 3. The summed E-state index contributed by atoms with van der Waals surface area (Å²) < 4.78 is 0. The Morgan fingerprint density at radius 3 is 2.40 bits per heavy atom. The zero-order valence-electron chi connectivity index (χ0n) is 12.8. The van der Waals surface area contributed by atoms with Crippen LogP contribution in [0.15, 0.2) is 0 Å². The van der Waals surface area contributed by atoms with Gasteiger partial charge in [-0.25, -0.2) is 4.79 Å². The van der Waals surface area contributed by atoms with E-state index >= 15 is 0 Å². The van der Waals surface area contributed by atoms with Crippen LogP contribution < -0.4 is 5.32 Å². The lowest BCUT2D eigenvalue weighted by molar-refractivity contribution is -0.132. The molecule has 2 heterocycles. The fourth-order valence-electron chi connectivity index (χ4n) is 3.00. The predicted octanol–water partition coefficient (Wildman–Crippen LogP) is 0.343. The number of likely N-dealkylation sites (tertiary alicyclic amines) is 2. The van der Waals surface area contributed by atoms with E-state index in [0.717, 1.165) is 38.9 Å². The molecular formula is C14H26N4O2. The van der Waals surface area contributed by atoms with Gasteiger partial charge in [-0.3, -0.25) is 4.79 Å². The van der Waals surface area contributed by atoms with Gasteiger partial charge in [0.05, 0.1) is 0 Å². The molecule has 0 radical (unpaired) electrons. The van der Waals surface area contributed by atoms with Gasteiger partial charge >= 0.3 is 6.03 Å². The Balaban J connectivity index is 1.75. The summed E-state index contributed by atoms with van der Waals surface area (Å²) in [4.78, 5) is 28.7. The van der Waals surface area contributed by atoms with Crippen molar-refractivity contribution in [3.8, 4) is 0 Å². The predicted molar refractivity (Wildman–Crippen MR) is 77.5 cm³/mol. The first-order valence-electron chi connectivity index (χ1n) is 7.43. The van der Waals surface area contributed by atoms with E-state index in [9.17, 15) is 9.59 Å². The zero-order valence-corrected chi connectivity index (χ0v) is 12.8. The number of hydrogen-bond donors (Lipinski definition) is 1. The van der Waals surface area contributed by atoms with Gasteiger partial charge in [0.25, 0.3) is 0 Å². The molecule has 20 heavy (non-hydrogen) atoms. The van der Waals surface area contributed by atoms with Crippen LogP contribution in [0.2, 0.25) is 0 Å². The molecule has 3 amide bonds. The van der Waals surface area contributed by atoms with Gasteiger partial charge in [-0.2, -0.15) is 0 Å². The third kappa shape index (κ3) is 3.62. The summed E-state index contributed by atoms with van der Waals surface area (Å²) in [5.41, 5.74) is 0.